The molecule has 106 valence electrons. The van der Waals surface area contributed by atoms with Crippen LogP contribution in [-0.2, 0) is 6.54 Å². The Morgan fingerprint density at radius 2 is 2.14 bits per heavy atom. The van der Waals surface area contributed by atoms with Crippen LogP contribution in [0.25, 0.3) is 10.9 Å². The molecule has 2 heterocycles. The summed E-state index contributed by atoms with van der Waals surface area (Å²) in [5, 5.41) is 10.3. The largest absolute Gasteiger partial charge is 0.386 e. The highest BCUT2D eigenvalue weighted by Crippen LogP contribution is 2.14. The number of aliphatic hydroxyl groups is 1. The number of pyridine rings is 1. The van der Waals surface area contributed by atoms with E-state index in [0.29, 0.717) is 5.56 Å². The zero-order valence-electron chi connectivity index (χ0n) is 11.0. The summed E-state index contributed by atoms with van der Waals surface area (Å²) in [6.45, 7) is 0.0317. The maximum Gasteiger partial charge on any atom is 0.261 e. The smallest absolute Gasteiger partial charge is 0.261 e. The molecule has 0 aliphatic rings. The van der Waals surface area contributed by atoms with E-state index in [0.717, 1.165) is 0 Å². The maximum absolute atomic E-state index is 13.6. The molecule has 0 radical (unpaired) electrons. The first kappa shape index (κ1) is 13.4. The van der Waals surface area contributed by atoms with E-state index in [1.165, 1.54) is 35.3 Å². The van der Waals surface area contributed by atoms with E-state index in [9.17, 15) is 14.3 Å². The van der Waals surface area contributed by atoms with Gasteiger partial charge in [0.1, 0.15) is 11.3 Å². The number of rotatable bonds is 3. The molecule has 0 aliphatic heterocycles. The van der Waals surface area contributed by atoms with Crippen molar-refractivity contribution in [1.29, 1.82) is 0 Å². The van der Waals surface area contributed by atoms with E-state index in [2.05, 4.69) is 9.97 Å². The highest BCUT2D eigenvalue weighted by atomic mass is 19.1. The zero-order valence-corrected chi connectivity index (χ0v) is 11.0. The summed E-state index contributed by atoms with van der Waals surface area (Å²) in [5.41, 5.74) is 0.251. The van der Waals surface area contributed by atoms with Crippen LogP contribution in [0.1, 0.15) is 11.7 Å². The zero-order chi connectivity index (χ0) is 14.8. The Morgan fingerprint density at radius 3 is 2.90 bits per heavy atom. The Labute approximate surface area is 119 Å². The molecule has 0 amide bonds. The van der Waals surface area contributed by atoms with Crippen molar-refractivity contribution in [2.45, 2.75) is 12.6 Å². The molecule has 1 N–H and O–H groups in total. The quantitative estimate of drug-likeness (QED) is 0.794. The molecular weight excluding hydrogens is 273 g/mol. The van der Waals surface area contributed by atoms with Crippen LogP contribution < -0.4 is 5.56 Å². The van der Waals surface area contributed by atoms with Crippen LogP contribution in [0.5, 0.6) is 0 Å². The van der Waals surface area contributed by atoms with Gasteiger partial charge >= 0.3 is 0 Å². The summed E-state index contributed by atoms with van der Waals surface area (Å²) >= 11 is 0. The summed E-state index contributed by atoms with van der Waals surface area (Å²) in [7, 11) is 0. The number of para-hydroxylation sites is 1. The summed E-state index contributed by atoms with van der Waals surface area (Å²) in [5.74, 6) is -0.537. The van der Waals surface area contributed by atoms with Gasteiger partial charge in [-0.05, 0) is 18.2 Å². The normalized spacial score (nSPS) is 12.5. The van der Waals surface area contributed by atoms with Crippen LogP contribution >= 0.6 is 0 Å². The molecule has 0 spiro atoms. The summed E-state index contributed by atoms with van der Waals surface area (Å²) < 4.78 is 14.8. The fourth-order valence-corrected chi connectivity index (χ4v) is 2.15. The molecule has 1 atom stereocenters. The average Bonchev–Trinajstić information content (AvgIpc) is 2.51. The predicted molar refractivity (Wildman–Crippen MR) is 75.2 cm³/mol. The Balaban J connectivity index is 1.99. The lowest BCUT2D eigenvalue weighted by atomic mass is 10.1. The Hall–Kier alpha value is -2.60. The minimum absolute atomic E-state index is 0.0317. The first-order valence-corrected chi connectivity index (χ1v) is 6.38. The molecule has 0 fully saturated rings. The van der Waals surface area contributed by atoms with Crippen molar-refractivity contribution in [3.63, 3.8) is 0 Å². The van der Waals surface area contributed by atoms with Crippen molar-refractivity contribution in [2.75, 3.05) is 0 Å². The number of fused-ring (bicyclic) bond motifs is 1. The molecule has 2 aromatic heterocycles. The first-order chi connectivity index (χ1) is 10.2. The average molecular weight is 285 g/mol. The molecule has 21 heavy (non-hydrogen) atoms. The molecule has 6 heteroatoms. The molecule has 0 saturated carbocycles. The molecular formula is C15H12FN3O2. The monoisotopic (exact) mass is 285 g/mol. The topological polar surface area (TPSA) is 68.0 Å². The van der Waals surface area contributed by atoms with Gasteiger partial charge in [0.05, 0.1) is 24.4 Å². The number of hydrogen-bond acceptors (Lipinski definition) is 4. The summed E-state index contributed by atoms with van der Waals surface area (Å²) in [6, 6.07) is 7.65. The summed E-state index contributed by atoms with van der Waals surface area (Å²) in [4.78, 5) is 20.1. The number of nitrogens with zero attached hydrogens (tertiary/aromatic N) is 3. The molecule has 0 saturated heterocycles. The van der Waals surface area contributed by atoms with Crippen molar-refractivity contribution in [3.8, 4) is 0 Å². The number of aromatic nitrogens is 3. The molecule has 5 nitrogen and oxygen atoms in total. The molecule has 0 bridgehead atoms. The van der Waals surface area contributed by atoms with Gasteiger partial charge in [-0.15, -0.1) is 0 Å². The second-order valence-electron chi connectivity index (χ2n) is 4.64. The standard InChI is InChI=1S/C15H12FN3O2/c16-12-5-1-4-11-14(12)18-9-19(15(11)21)8-13(20)10-3-2-6-17-7-10/h1-7,9,13,20H,8H2. The third-order valence-corrected chi connectivity index (χ3v) is 3.24. The molecule has 0 aliphatic carbocycles. The fraction of sp³-hybridized carbons (Fsp3) is 0.133. The van der Waals surface area contributed by atoms with Gasteiger partial charge in [-0.25, -0.2) is 9.37 Å². The van der Waals surface area contributed by atoms with Gasteiger partial charge in [0.25, 0.3) is 5.56 Å². The highest BCUT2D eigenvalue weighted by Gasteiger charge is 2.12. The van der Waals surface area contributed by atoms with Crippen molar-refractivity contribution >= 4 is 10.9 Å². The minimum Gasteiger partial charge on any atom is -0.386 e. The second-order valence-corrected chi connectivity index (χ2v) is 4.64. The van der Waals surface area contributed by atoms with E-state index in [4.69, 9.17) is 0 Å². The summed E-state index contributed by atoms with van der Waals surface area (Å²) in [6.07, 6.45) is 3.49. The maximum atomic E-state index is 13.6. The highest BCUT2D eigenvalue weighted by molar-refractivity contribution is 5.77. The number of hydrogen-bond donors (Lipinski definition) is 1. The molecule has 3 aromatic rings. The van der Waals surface area contributed by atoms with Crippen molar-refractivity contribution in [1.82, 2.24) is 14.5 Å². The van der Waals surface area contributed by atoms with Crippen LogP contribution in [0.15, 0.2) is 53.8 Å². The fourth-order valence-electron chi connectivity index (χ4n) is 2.15. The lowest BCUT2D eigenvalue weighted by molar-refractivity contribution is 0.154. The van der Waals surface area contributed by atoms with E-state index >= 15 is 0 Å². The van der Waals surface area contributed by atoms with E-state index in [1.807, 2.05) is 0 Å². The third-order valence-electron chi connectivity index (χ3n) is 3.24. The van der Waals surface area contributed by atoms with Crippen LogP contribution in [-0.4, -0.2) is 19.6 Å². The van der Waals surface area contributed by atoms with Crippen LogP contribution in [0, 0.1) is 5.82 Å². The van der Waals surface area contributed by atoms with Crippen LogP contribution in [0.3, 0.4) is 0 Å². The predicted octanol–water partition coefficient (Wildman–Crippen LogP) is 1.66. The SMILES string of the molecule is O=c1c2cccc(F)c2ncn1CC(O)c1cccnc1. The Morgan fingerprint density at radius 1 is 1.29 bits per heavy atom. The van der Waals surface area contributed by atoms with E-state index in [1.54, 1.807) is 18.3 Å². The Bertz CT molecular complexity index is 833. The number of benzene rings is 1. The van der Waals surface area contributed by atoms with Crippen LogP contribution in [0.4, 0.5) is 4.39 Å². The lowest BCUT2D eigenvalue weighted by Crippen LogP contribution is -2.24. The Kier molecular flexibility index (Phi) is 3.45. The minimum atomic E-state index is -0.885. The van der Waals surface area contributed by atoms with Gasteiger partial charge in [-0.3, -0.25) is 14.3 Å². The van der Waals surface area contributed by atoms with E-state index < -0.39 is 11.9 Å². The van der Waals surface area contributed by atoms with Gasteiger partial charge in [0, 0.05) is 18.0 Å². The van der Waals surface area contributed by atoms with Crippen molar-refractivity contribution in [2.24, 2.45) is 0 Å². The molecule has 1 unspecified atom stereocenters. The van der Waals surface area contributed by atoms with Gasteiger partial charge in [0.15, 0.2) is 0 Å². The molecule has 1 aromatic carbocycles. The third kappa shape index (κ3) is 2.53. The lowest BCUT2D eigenvalue weighted by Gasteiger charge is -2.12. The van der Waals surface area contributed by atoms with Gasteiger partial charge in [-0.2, -0.15) is 0 Å². The van der Waals surface area contributed by atoms with Crippen molar-refractivity contribution < 1.29 is 9.50 Å². The van der Waals surface area contributed by atoms with E-state index in [-0.39, 0.29) is 23.0 Å². The van der Waals surface area contributed by atoms with Gasteiger partial charge < -0.3 is 5.11 Å². The first-order valence-electron chi connectivity index (χ1n) is 6.38. The number of aliphatic hydroxyl groups excluding tert-OH is 1. The van der Waals surface area contributed by atoms with Gasteiger partial charge in [0.2, 0.25) is 0 Å². The van der Waals surface area contributed by atoms with Gasteiger partial charge in [-0.1, -0.05) is 12.1 Å². The molecule has 3 rings (SSSR count). The van der Waals surface area contributed by atoms with Crippen molar-refractivity contribution in [3.05, 3.63) is 70.8 Å². The van der Waals surface area contributed by atoms with Crippen LogP contribution in [0.2, 0.25) is 0 Å². The number of halogens is 1. The second kappa shape index (κ2) is 5.41.